The van der Waals surface area contributed by atoms with E-state index in [0.717, 1.165) is 31.5 Å². The monoisotopic (exact) mass is 563 g/mol. The summed E-state index contributed by atoms with van der Waals surface area (Å²) in [6.07, 6.45) is 5.85. The molecule has 204 valence electrons. The normalized spacial score (nSPS) is 19.2. The highest BCUT2D eigenvalue weighted by Crippen LogP contribution is 2.36. The van der Waals surface area contributed by atoms with E-state index in [4.69, 9.17) is 11.6 Å². The minimum atomic E-state index is -1.57. The van der Waals surface area contributed by atoms with Crippen LogP contribution in [0.15, 0.2) is 76.5 Å². The van der Waals surface area contributed by atoms with E-state index in [0.29, 0.717) is 44.2 Å². The van der Waals surface area contributed by atoms with Gasteiger partial charge in [0, 0.05) is 29.7 Å². The lowest BCUT2D eigenvalue weighted by atomic mass is 10.00. The van der Waals surface area contributed by atoms with Crippen LogP contribution in [0.3, 0.4) is 0 Å². The Kier molecular flexibility index (Phi) is 8.80. The van der Waals surface area contributed by atoms with Gasteiger partial charge in [-0.1, -0.05) is 49.2 Å². The van der Waals surface area contributed by atoms with Crippen LogP contribution in [-0.2, 0) is 17.3 Å². The number of anilines is 1. The summed E-state index contributed by atoms with van der Waals surface area (Å²) < 4.78 is 13.6. The molecule has 5 rings (SSSR count). The van der Waals surface area contributed by atoms with Gasteiger partial charge in [-0.05, 0) is 80.3 Å². The van der Waals surface area contributed by atoms with Gasteiger partial charge in [-0.3, -0.25) is 9.59 Å². The molecule has 2 heterocycles. The van der Waals surface area contributed by atoms with Gasteiger partial charge in [-0.25, -0.2) is 4.21 Å². The van der Waals surface area contributed by atoms with Crippen molar-refractivity contribution in [3.8, 4) is 0 Å². The number of nitrogens with one attached hydrogen (secondary N) is 1. The number of hydrogen-bond acceptors (Lipinski definition) is 4. The number of hydrogen-bond donors (Lipinski definition) is 1. The van der Waals surface area contributed by atoms with Gasteiger partial charge in [0.25, 0.3) is 11.8 Å². The average molecular weight is 564 g/mol. The largest absolute Gasteiger partial charge is 0.352 e. The van der Waals surface area contributed by atoms with Crippen molar-refractivity contribution >= 4 is 39.9 Å². The topological polar surface area (TPSA) is 69.7 Å². The molecule has 2 atom stereocenters. The van der Waals surface area contributed by atoms with Crippen molar-refractivity contribution in [2.45, 2.75) is 61.4 Å². The highest BCUT2D eigenvalue weighted by Gasteiger charge is 2.31. The van der Waals surface area contributed by atoms with Crippen molar-refractivity contribution in [3.05, 3.63) is 88.4 Å². The van der Waals surface area contributed by atoms with Crippen LogP contribution in [0.1, 0.15) is 65.3 Å². The Hall–Kier alpha value is -3.00. The number of likely N-dealkylation sites (tertiary alicyclic amines) is 1. The number of benzene rings is 3. The van der Waals surface area contributed by atoms with Crippen molar-refractivity contribution in [1.29, 1.82) is 0 Å². The number of fused-ring (bicyclic) bond motifs is 2. The molecule has 0 unspecified atom stereocenters. The van der Waals surface area contributed by atoms with E-state index in [-0.39, 0.29) is 18.4 Å². The summed E-state index contributed by atoms with van der Waals surface area (Å²) in [4.78, 5) is 32.1. The zero-order valence-corrected chi connectivity index (χ0v) is 23.8. The van der Waals surface area contributed by atoms with Crippen molar-refractivity contribution in [2.75, 3.05) is 24.5 Å². The predicted octanol–water partition coefficient (Wildman–Crippen LogP) is 6.05. The second-order valence-electron chi connectivity index (χ2n) is 10.2. The molecule has 6 nitrogen and oxygen atoms in total. The first-order valence-electron chi connectivity index (χ1n) is 13.7. The van der Waals surface area contributed by atoms with Crippen molar-refractivity contribution < 1.29 is 13.8 Å². The summed E-state index contributed by atoms with van der Waals surface area (Å²) in [7, 11) is -1.57. The van der Waals surface area contributed by atoms with Gasteiger partial charge >= 0.3 is 0 Å². The van der Waals surface area contributed by atoms with Crippen LogP contribution < -0.4 is 10.2 Å². The number of rotatable bonds is 8. The Morgan fingerprint density at radius 2 is 1.90 bits per heavy atom. The molecule has 8 heteroatoms. The van der Waals surface area contributed by atoms with Crippen LogP contribution >= 0.6 is 11.6 Å². The fraction of sp³-hybridized carbons (Fsp3) is 0.355. The smallest absolute Gasteiger partial charge is 0.259 e. The molecule has 39 heavy (non-hydrogen) atoms. The van der Waals surface area contributed by atoms with Gasteiger partial charge in [-0.2, -0.15) is 0 Å². The fourth-order valence-electron chi connectivity index (χ4n) is 5.58. The highest BCUT2D eigenvalue weighted by atomic mass is 35.5. The lowest BCUT2D eigenvalue weighted by molar-refractivity contribution is 0.0944. The van der Waals surface area contributed by atoms with Crippen LogP contribution in [0.2, 0.25) is 5.02 Å². The van der Waals surface area contributed by atoms with Gasteiger partial charge in [0.2, 0.25) is 0 Å². The third kappa shape index (κ3) is 6.11. The number of amides is 2. The van der Waals surface area contributed by atoms with E-state index < -0.39 is 10.8 Å². The van der Waals surface area contributed by atoms with E-state index in [1.807, 2.05) is 18.2 Å². The zero-order chi connectivity index (χ0) is 27.4. The van der Waals surface area contributed by atoms with Crippen molar-refractivity contribution in [1.82, 2.24) is 10.2 Å². The lowest BCUT2D eigenvalue weighted by Gasteiger charge is -2.35. The first-order valence-corrected chi connectivity index (χ1v) is 15.2. The summed E-state index contributed by atoms with van der Waals surface area (Å²) in [5, 5.41) is 3.61. The van der Waals surface area contributed by atoms with Gasteiger partial charge < -0.3 is 15.1 Å². The molecule has 2 aliphatic heterocycles. The van der Waals surface area contributed by atoms with Gasteiger partial charge in [0.1, 0.15) is 0 Å². The van der Waals surface area contributed by atoms with Crippen LogP contribution in [0.25, 0.3) is 0 Å². The second-order valence-corrected chi connectivity index (χ2v) is 12.0. The molecular weight excluding hydrogens is 530 g/mol. The Morgan fingerprint density at radius 1 is 1.05 bits per heavy atom. The molecule has 0 radical (unpaired) electrons. The zero-order valence-electron chi connectivity index (χ0n) is 22.2. The lowest BCUT2D eigenvalue weighted by Crippen LogP contribution is -2.40. The fourth-order valence-corrected chi connectivity index (χ4v) is 7.14. The van der Waals surface area contributed by atoms with Gasteiger partial charge in [0.15, 0.2) is 0 Å². The van der Waals surface area contributed by atoms with E-state index in [1.165, 1.54) is 19.3 Å². The molecule has 1 fully saturated rings. The van der Waals surface area contributed by atoms with Crippen LogP contribution in [0, 0.1) is 0 Å². The number of carbonyl (C=O) groups excluding carboxylic acids is 2. The van der Waals surface area contributed by atoms with Crippen LogP contribution in [-0.4, -0.2) is 46.6 Å². The van der Waals surface area contributed by atoms with Crippen LogP contribution in [0.5, 0.6) is 0 Å². The number of carbonyl (C=O) groups is 2. The number of nitrogens with zero attached hydrogens (tertiary/aromatic N) is 2. The summed E-state index contributed by atoms with van der Waals surface area (Å²) in [6.45, 7) is 5.16. The summed E-state index contributed by atoms with van der Waals surface area (Å²) in [5.74, 6) is -0.464. The summed E-state index contributed by atoms with van der Waals surface area (Å²) >= 11 is 6.22. The number of piperidine rings is 1. The van der Waals surface area contributed by atoms with E-state index in [1.54, 1.807) is 53.4 Å². The van der Waals surface area contributed by atoms with Crippen LogP contribution in [0.4, 0.5) is 5.69 Å². The Labute approximate surface area is 237 Å². The molecular formula is C31H34ClN3O3S. The second kappa shape index (κ2) is 12.5. The van der Waals surface area contributed by atoms with Crippen molar-refractivity contribution in [3.63, 3.8) is 0 Å². The molecule has 0 spiro atoms. The third-order valence-electron chi connectivity index (χ3n) is 7.63. The van der Waals surface area contributed by atoms with E-state index in [2.05, 4.69) is 17.1 Å². The molecule has 0 saturated carbocycles. The molecule has 0 bridgehead atoms. The van der Waals surface area contributed by atoms with E-state index in [9.17, 15) is 13.8 Å². The van der Waals surface area contributed by atoms with Gasteiger partial charge in [-0.15, -0.1) is 0 Å². The Balaban J connectivity index is 1.38. The van der Waals surface area contributed by atoms with Crippen molar-refractivity contribution in [2.24, 2.45) is 0 Å². The maximum atomic E-state index is 13.8. The predicted molar refractivity (Wildman–Crippen MR) is 156 cm³/mol. The Bertz CT molecular complexity index is 1390. The summed E-state index contributed by atoms with van der Waals surface area (Å²) in [5.41, 5.74) is 2.14. The molecule has 0 aromatic heterocycles. The quantitative estimate of drug-likeness (QED) is 0.339. The SMILES string of the molecule is CC[C@@H]1CCCCN1CCCNC(=O)c1ccc2c(c1)N(Cc1cccc(Cl)c1)C(=O)c1ccccc1[S@@]2=O. The Morgan fingerprint density at radius 3 is 2.72 bits per heavy atom. The van der Waals surface area contributed by atoms with Gasteiger partial charge in [0.05, 0.1) is 38.4 Å². The first-order chi connectivity index (χ1) is 19.0. The van der Waals surface area contributed by atoms with E-state index >= 15 is 0 Å². The molecule has 2 amide bonds. The minimum Gasteiger partial charge on any atom is -0.352 e. The molecule has 3 aromatic carbocycles. The first kappa shape index (κ1) is 27.6. The molecule has 2 aliphatic rings. The molecule has 1 N–H and O–H groups in total. The molecule has 1 saturated heterocycles. The number of halogens is 1. The maximum absolute atomic E-state index is 13.8. The third-order valence-corrected chi connectivity index (χ3v) is 9.37. The highest BCUT2D eigenvalue weighted by molar-refractivity contribution is 7.85. The average Bonchev–Trinajstić information content (AvgIpc) is 3.04. The molecule has 3 aromatic rings. The maximum Gasteiger partial charge on any atom is 0.259 e. The minimum absolute atomic E-state index is 0.203. The standard InChI is InChI=1S/C31H34ClN3O3S/c1-2-25-11-5-6-17-34(25)18-8-16-33-30(36)23-14-15-29-27(20-23)35(21-22-9-7-10-24(32)19-22)31(37)26-12-3-4-13-28(26)39(29)38/h3-4,7,9-10,12-15,19-20,25H,2,5-6,8,11,16-18,21H2,1H3,(H,33,36)/t25-,39+/m1/s1. The molecule has 0 aliphatic carbocycles. The summed E-state index contributed by atoms with van der Waals surface area (Å²) in [6, 6.07) is 20.0.